The molecular weight excluding hydrogens is 386 g/mol. The highest BCUT2D eigenvalue weighted by atomic mass is 16.5. The maximum absolute atomic E-state index is 11.3. The van der Waals surface area contributed by atoms with Crippen LogP contribution in [0.25, 0.3) is 11.0 Å². The van der Waals surface area contributed by atoms with Crippen molar-refractivity contribution in [3.63, 3.8) is 0 Å². The second kappa shape index (κ2) is 10.8. The van der Waals surface area contributed by atoms with Crippen LogP contribution in [0.1, 0.15) is 49.6 Å². The summed E-state index contributed by atoms with van der Waals surface area (Å²) in [7, 11) is 0. The van der Waals surface area contributed by atoms with Gasteiger partial charge >= 0.3 is 0 Å². The van der Waals surface area contributed by atoms with Gasteiger partial charge in [0, 0.05) is 19.5 Å². The molecule has 1 aromatic heterocycles. The van der Waals surface area contributed by atoms with Gasteiger partial charge in [-0.2, -0.15) is 0 Å². The Labute approximate surface area is 185 Å². The number of fused-ring (bicyclic) bond motifs is 1. The van der Waals surface area contributed by atoms with E-state index in [0.29, 0.717) is 19.1 Å². The molecule has 0 aliphatic heterocycles. The molecule has 164 valence electrons. The number of amides is 1. The Morgan fingerprint density at radius 1 is 1.23 bits per heavy atom. The fourth-order valence-electron chi connectivity index (χ4n) is 3.74. The van der Waals surface area contributed by atoms with Crippen LogP contribution in [0.4, 0.5) is 0 Å². The molecule has 0 radical (unpaired) electrons. The number of carbonyl (C=O) groups excluding carboxylic acids is 1. The summed E-state index contributed by atoms with van der Waals surface area (Å²) in [6.07, 6.45) is 3.84. The zero-order chi connectivity index (χ0) is 22.2. The largest absolute Gasteiger partial charge is 0.493 e. The van der Waals surface area contributed by atoms with Crippen LogP contribution in [0, 0.1) is 6.92 Å². The molecule has 0 atom stereocenters. The van der Waals surface area contributed by atoms with Crippen LogP contribution in [0.2, 0.25) is 0 Å². The van der Waals surface area contributed by atoms with Gasteiger partial charge in [-0.25, -0.2) is 4.98 Å². The van der Waals surface area contributed by atoms with Crippen LogP contribution < -0.4 is 10.1 Å². The summed E-state index contributed by atoms with van der Waals surface area (Å²) < 4.78 is 8.46. The number of aromatic nitrogens is 2. The van der Waals surface area contributed by atoms with E-state index in [2.05, 4.69) is 61.5 Å². The number of nitrogens with one attached hydrogen (secondary N) is 1. The highest BCUT2D eigenvalue weighted by molar-refractivity contribution is 5.86. The molecular formula is C26H33N3O2. The molecule has 0 aliphatic carbocycles. The Morgan fingerprint density at radius 3 is 2.81 bits per heavy atom. The zero-order valence-corrected chi connectivity index (χ0v) is 18.9. The lowest BCUT2D eigenvalue weighted by atomic mass is 10.0. The van der Waals surface area contributed by atoms with Crippen LogP contribution in [-0.2, 0) is 17.8 Å². The quantitative estimate of drug-likeness (QED) is 0.344. The molecule has 1 N–H and O–H groups in total. The van der Waals surface area contributed by atoms with E-state index >= 15 is 0 Å². The highest BCUT2D eigenvalue weighted by Crippen LogP contribution is 2.27. The van der Waals surface area contributed by atoms with Gasteiger partial charge in [0.25, 0.3) is 0 Å². The topological polar surface area (TPSA) is 56.2 Å². The second-order valence-electron chi connectivity index (χ2n) is 8.17. The van der Waals surface area contributed by atoms with Crippen molar-refractivity contribution in [1.82, 2.24) is 14.9 Å². The number of nitrogens with zero attached hydrogens (tertiary/aromatic N) is 2. The highest BCUT2D eigenvalue weighted by Gasteiger charge is 2.11. The molecule has 31 heavy (non-hydrogen) atoms. The minimum Gasteiger partial charge on any atom is -0.493 e. The molecule has 0 aliphatic rings. The summed E-state index contributed by atoms with van der Waals surface area (Å²) in [6, 6.07) is 14.7. The first-order valence-electron chi connectivity index (χ1n) is 11.1. The second-order valence-corrected chi connectivity index (χ2v) is 8.17. The number of imidazole rings is 1. The standard InChI is InChI=1S/C26H33N3O2/c1-5-26(30)27-15-8-12-25-28-22-10-6-7-11-23(22)29(25)16-9-17-31-24-18-20(4)13-14-21(24)19(2)3/h5-7,10-11,13-14,18-19H,1,8-9,12,15-17H2,2-4H3,(H,27,30). The zero-order valence-electron chi connectivity index (χ0n) is 18.9. The molecule has 0 bridgehead atoms. The minimum atomic E-state index is -0.137. The number of hydrogen-bond donors (Lipinski definition) is 1. The van der Waals surface area contributed by atoms with Crippen LogP contribution >= 0.6 is 0 Å². The number of benzene rings is 2. The molecule has 0 saturated heterocycles. The fourth-order valence-corrected chi connectivity index (χ4v) is 3.74. The van der Waals surface area contributed by atoms with E-state index in [-0.39, 0.29) is 5.91 Å². The maximum atomic E-state index is 11.3. The molecule has 5 heteroatoms. The normalized spacial score (nSPS) is 11.1. The third-order valence-corrected chi connectivity index (χ3v) is 5.37. The molecule has 2 aromatic carbocycles. The smallest absolute Gasteiger partial charge is 0.243 e. The molecule has 1 heterocycles. The first-order chi connectivity index (χ1) is 15.0. The Morgan fingerprint density at radius 2 is 2.03 bits per heavy atom. The lowest BCUT2D eigenvalue weighted by molar-refractivity contribution is -0.116. The first-order valence-corrected chi connectivity index (χ1v) is 11.1. The summed E-state index contributed by atoms with van der Waals surface area (Å²) in [6.45, 7) is 12.1. The molecule has 5 nitrogen and oxygen atoms in total. The molecule has 1 amide bonds. The van der Waals surface area contributed by atoms with Crippen molar-refractivity contribution < 1.29 is 9.53 Å². The number of ether oxygens (including phenoxy) is 1. The number of hydrogen-bond acceptors (Lipinski definition) is 3. The van der Waals surface area contributed by atoms with Gasteiger partial charge in [0.15, 0.2) is 0 Å². The van der Waals surface area contributed by atoms with Crippen LogP contribution in [-0.4, -0.2) is 28.6 Å². The average Bonchev–Trinajstić information content (AvgIpc) is 3.11. The maximum Gasteiger partial charge on any atom is 0.243 e. The Kier molecular flexibility index (Phi) is 7.88. The van der Waals surface area contributed by atoms with E-state index in [1.807, 2.05) is 18.2 Å². The summed E-state index contributed by atoms with van der Waals surface area (Å²) in [5.74, 6) is 2.33. The van der Waals surface area contributed by atoms with E-state index in [1.54, 1.807) is 0 Å². The van der Waals surface area contributed by atoms with Crippen molar-refractivity contribution in [3.05, 3.63) is 72.1 Å². The van der Waals surface area contributed by atoms with Crippen LogP contribution in [0.3, 0.4) is 0 Å². The third-order valence-electron chi connectivity index (χ3n) is 5.37. The van der Waals surface area contributed by atoms with Crippen molar-refractivity contribution in [3.8, 4) is 5.75 Å². The Bertz CT molecular complexity index is 1040. The van der Waals surface area contributed by atoms with Crippen molar-refractivity contribution in [2.75, 3.05) is 13.2 Å². The number of rotatable bonds is 11. The van der Waals surface area contributed by atoms with E-state index in [4.69, 9.17) is 9.72 Å². The lowest BCUT2D eigenvalue weighted by Gasteiger charge is -2.15. The van der Waals surface area contributed by atoms with Gasteiger partial charge in [0.2, 0.25) is 5.91 Å². The summed E-state index contributed by atoms with van der Waals surface area (Å²) in [5, 5.41) is 2.83. The van der Waals surface area contributed by atoms with Crippen LogP contribution in [0.5, 0.6) is 5.75 Å². The molecule has 3 rings (SSSR count). The summed E-state index contributed by atoms with van der Waals surface area (Å²) in [4.78, 5) is 16.2. The number of aryl methyl sites for hydroxylation is 3. The van der Waals surface area contributed by atoms with Crippen molar-refractivity contribution in [2.24, 2.45) is 0 Å². The molecule has 0 fully saturated rings. The minimum absolute atomic E-state index is 0.137. The molecule has 0 spiro atoms. The van der Waals surface area contributed by atoms with Crippen LogP contribution in [0.15, 0.2) is 55.1 Å². The predicted octanol–water partition coefficient (Wildman–Crippen LogP) is 5.17. The van der Waals surface area contributed by atoms with Crippen molar-refractivity contribution >= 4 is 16.9 Å². The fraction of sp³-hybridized carbons (Fsp3) is 0.385. The third kappa shape index (κ3) is 5.97. The van der Waals surface area contributed by atoms with Gasteiger partial charge in [0.1, 0.15) is 11.6 Å². The van der Waals surface area contributed by atoms with E-state index < -0.39 is 0 Å². The van der Waals surface area contributed by atoms with Gasteiger partial charge in [0.05, 0.1) is 17.6 Å². The van der Waals surface area contributed by atoms with Gasteiger partial charge in [-0.05, 0) is 61.1 Å². The van der Waals surface area contributed by atoms with E-state index in [0.717, 1.165) is 48.4 Å². The monoisotopic (exact) mass is 419 g/mol. The van der Waals surface area contributed by atoms with Crippen molar-refractivity contribution in [1.29, 1.82) is 0 Å². The number of para-hydroxylation sites is 2. The van der Waals surface area contributed by atoms with Gasteiger partial charge < -0.3 is 14.6 Å². The molecule has 0 unspecified atom stereocenters. The van der Waals surface area contributed by atoms with E-state index in [1.165, 1.54) is 17.2 Å². The molecule has 3 aromatic rings. The average molecular weight is 420 g/mol. The summed E-state index contributed by atoms with van der Waals surface area (Å²) in [5.41, 5.74) is 4.62. The first kappa shape index (κ1) is 22.6. The van der Waals surface area contributed by atoms with Gasteiger partial charge in [-0.15, -0.1) is 0 Å². The van der Waals surface area contributed by atoms with Gasteiger partial charge in [-0.3, -0.25) is 4.79 Å². The van der Waals surface area contributed by atoms with E-state index in [9.17, 15) is 4.79 Å². The SMILES string of the molecule is C=CC(=O)NCCCc1nc2ccccc2n1CCCOc1cc(C)ccc1C(C)C. The number of carbonyl (C=O) groups is 1. The Hall–Kier alpha value is -3.08. The molecule has 0 saturated carbocycles. The predicted molar refractivity (Wildman–Crippen MR) is 127 cm³/mol. The van der Waals surface area contributed by atoms with Crippen molar-refractivity contribution in [2.45, 2.75) is 52.5 Å². The Balaban J connectivity index is 1.63. The summed E-state index contributed by atoms with van der Waals surface area (Å²) >= 11 is 0. The lowest BCUT2D eigenvalue weighted by Crippen LogP contribution is -2.22. The van der Waals surface area contributed by atoms with Gasteiger partial charge in [-0.1, -0.05) is 44.7 Å².